The molecule has 1 amide bonds. The predicted octanol–water partition coefficient (Wildman–Crippen LogP) is 2.20. The van der Waals surface area contributed by atoms with Crippen LogP contribution in [0.5, 0.6) is 0 Å². The molecule has 0 aromatic rings. The van der Waals surface area contributed by atoms with Gasteiger partial charge in [0.2, 0.25) is 5.91 Å². The van der Waals surface area contributed by atoms with Crippen LogP contribution in [0.1, 0.15) is 57.8 Å². The minimum Gasteiger partial charge on any atom is -0.355 e. The molecule has 3 aliphatic carbocycles. The Morgan fingerprint density at radius 2 is 1.83 bits per heavy atom. The summed E-state index contributed by atoms with van der Waals surface area (Å²) in [5.41, 5.74) is 6.65. The first kappa shape index (κ1) is 12.5. The van der Waals surface area contributed by atoms with Gasteiger partial charge in [-0.3, -0.25) is 4.79 Å². The molecule has 0 aromatic carbocycles. The number of hydrogen-bond acceptors (Lipinski definition) is 2. The lowest BCUT2D eigenvalue weighted by Crippen LogP contribution is -2.43. The van der Waals surface area contributed by atoms with Gasteiger partial charge in [-0.2, -0.15) is 0 Å². The highest BCUT2D eigenvalue weighted by Gasteiger charge is 2.53. The van der Waals surface area contributed by atoms with Crippen LogP contribution in [0.3, 0.4) is 0 Å². The summed E-state index contributed by atoms with van der Waals surface area (Å²) in [5, 5.41) is 3.22. The van der Waals surface area contributed by atoms with E-state index in [-0.39, 0.29) is 17.9 Å². The smallest absolute Gasteiger partial charge is 0.224 e. The standard InChI is InChI=1S/C15H26N2O/c16-13-5-3-1-2-4-12(13)14(18)17-10-15(8-9-15)11-6-7-11/h11-13H,1-10,16H2,(H,17,18). The van der Waals surface area contributed by atoms with E-state index < -0.39 is 0 Å². The van der Waals surface area contributed by atoms with Crippen molar-refractivity contribution in [2.75, 3.05) is 6.54 Å². The molecule has 102 valence electrons. The van der Waals surface area contributed by atoms with Gasteiger partial charge in [0, 0.05) is 12.6 Å². The second-order valence-corrected chi connectivity index (χ2v) is 6.76. The Labute approximate surface area is 110 Å². The topological polar surface area (TPSA) is 55.1 Å². The van der Waals surface area contributed by atoms with Crippen LogP contribution in [0, 0.1) is 17.3 Å². The molecule has 3 heteroatoms. The third kappa shape index (κ3) is 2.56. The molecule has 2 atom stereocenters. The Morgan fingerprint density at radius 1 is 1.11 bits per heavy atom. The third-order valence-corrected chi connectivity index (χ3v) is 5.36. The lowest BCUT2D eigenvalue weighted by molar-refractivity contribution is -0.126. The van der Waals surface area contributed by atoms with Gasteiger partial charge >= 0.3 is 0 Å². The first-order valence-corrected chi connectivity index (χ1v) is 7.75. The lowest BCUT2D eigenvalue weighted by Gasteiger charge is -2.22. The van der Waals surface area contributed by atoms with Gasteiger partial charge in [0.15, 0.2) is 0 Å². The highest BCUT2D eigenvalue weighted by atomic mass is 16.1. The van der Waals surface area contributed by atoms with Gasteiger partial charge in [0.05, 0.1) is 5.92 Å². The Balaban J connectivity index is 1.50. The molecule has 3 saturated carbocycles. The fourth-order valence-corrected chi connectivity index (χ4v) is 3.64. The van der Waals surface area contributed by atoms with E-state index in [2.05, 4.69) is 5.32 Å². The molecule has 0 saturated heterocycles. The molecule has 3 nitrogen and oxygen atoms in total. The zero-order chi connectivity index (χ0) is 12.6. The Bertz CT molecular complexity index is 320. The number of rotatable bonds is 4. The molecule has 3 aliphatic rings. The lowest BCUT2D eigenvalue weighted by atomic mass is 9.93. The van der Waals surface area contributed by atoms with Crippen molar-refractivity contribution in [3.05, 3.63) is 0 Å². The summed E-state index contributed by atoms with van der Waals surface area (Å²) in [5.74, 6) is 1.22. The zero-order valence-corrected chi connectivity index (χ0v) is 11.3. The van der Waals surface area contributed by atoms with Crippen molar-refractivity contribution in [3.8, 4) is 0 Å². The number of carbonyl (C=O) groups excluding carboxylic acids is 1. The van der Waals surface area contributed by atoms with E-state index in [0.717, 1.165) is 25.3 Å². The molecular formula is C15H26N2O. The fourth-order valence-electron chi connectivity index (χ4n) is 3.64. The third-order valence-electron chi connectivity index (χ3n) is 5.36. The van der Waals surface area contributed by atoms with Gasteiger partial charge in [0.1, 0.15) is 0 Å². The monoisotopic (exact) mass is 250 g/mol. The van der Waals surface area contributed by atoms with Crippen LogP contribution in [0.25, 0.3) is 0 Å². The van der Waals surface area contributed by atoms with Gasteiger partial charge in [-0.05, 0) is 49.9 Å². The van der Waals surface area contributed by atoms with Crippen LogP contribution in [0.2, 0.25) is 0 Å². The molecule has 18 heavy (non-hydrogen) atoms. The van der Waals surface area contributed by atoms with Crippen LogP contribution in [0.15, 0.2) is 0 Å². The van der Waals surface area contributed by atoms with Crippen molar-refractivity contribution in [1.82, 2.24) is 5.32 Å². The maximum Gasteiger partial charge on any atom is 0.224 e. The average molecular weight is 250 g/mol. The quantitative estimate of drug-likeness (QED) is 0.752. The van der Waals surface area contributed by atoms with Crippen molar-refractivity contribution < 1.29 is 4.79 Å². The second kappa shape index (κ2) is 4.84. The number of amides is 1. The van der Waals surface area contributed by atoms with E-state index >= 15 is 0 Å². The Hall–Kier alpha value is -0.570. The number of nitrogens with two attached hydrogens (primary N) is 1. The summed E-state index contributed by atoms with van der Waals surface area (Å²) >= 11 is 0. The Kier molecular flexibility index (Phi) is 3.35. The van der Waals surface area contributed by atoms with Gasteiger partial charge < -0.3 is 11.1 Å². The van der Waals surface area contributed by atoms with E-state index in [1.165, 1.54) is 44.9 Å². The minimum atomic E-state index is 0.0718. The van der Waals surface area contributed by atoms with Crippen LogP contribution in [-0.4, -0.2) is 18.5 Å². The van der Waals surface area contributed by atoms with Crippen LogP contribution >= 0.6 is 0 Å². The molecule has 0 spiro atoms. The number of carbonyl (C=O) groups is 1. The van der Waals surface area contributed by atoms with Gasteiger partial charge in [-0.25, -0.2) is 0 Å². The largest absolute Gasteiger partial charge is 0.355 e. The molecule has 2 unspecified atom stereocenters. The van der Waals surface area contributed by atoms with Crippen molar-refractivity contribution in [2.24, 2.45) is 23.0 Å². The maximum atomic E-state index is 12.3. The highest BCUT2D eigenvalue weighted by Crippen LogP contribution is 2.60. The first-order chi connectivity index (χ1) is 8.71. The summed E-state index contributed by atoms with van der Waals surface area (Å²) in [7, 11) is 0. The SMILES string of the molecule is NC1CCCCCC1C(=O)NCC1(C2CC2)CC1. The molecule has 0 heterocycles. The summed E-state index contributed by atoms with van der Waals surface area (Å²) in [4.78, 5) is 12.3. The van der Waals surface area contributed by atoms with E-state index in [9.17, 15) is 4.79 Å². The van der Waals surface area contributed by atoms with Crippen molar-refractivity contribution in [2.45, 2.75) is 63.8 Å². The van der Waals surface area contributed by atoms with E-state index in [1.807, 2.05) is 0 Å². The van der Waals surface area contributed by atoms with Crippen molar-refractivity contribution >= 4 is 5.91 Å². The van der Waals surface area contributed by atoms with E-state index in [0.29, 0.717) is 5.41 Å². The molecule has 3 N–H and O–H groups in total. The van der Waals surface area contributed by atoms with Crippen LogP contribution < -0.4 is 11.1 Å². The Morgan fingerprint density at radius 3 is 2.50 bits per heavy atom. The van der Waals surface area contributed by atoms with Crippen LogP contribution in [0.4, 0.5) is 0 Å². The van der Waals surface area contributed by atoms with Crippen molar-refractivity contribution in [1.29, 1.82) is 0 Å². The van der Waals surface area contributed by atoms with Crippen molar-refractivity contribution in [3.63, 3.8) is 0 Å². The average Bonchev–Trinajstić information content (AvgIpc) is 3.18. The highest BCUT2D eigenvalue weighted by molar-refractivity contribution is 5.79. The number of nitrogens with one attached hydrogen (secondary N) is 1. The molecule has 0 aromatic heterocycles. The molecule has 3 fully saturated rings. The maximum absolute atomic E-state index is 12.3. The van der Waals surface area contributed by atoms with Gasteiger partial charge in [-0.1, -0.05) is 19.3 Å². The normalized spacial score (nSPS) is 34.7. The first-order valence-electron chi connectivity index (χ1n) is 7.75. The summed E-state index contributed by atoms with van der Waals surface area (Å²) < 4.78 is 0. The minimum absolute atomic E-state index is 0.0718. The number of hydrogen-bond donors (Lipinski definition) is 2. The molecular weight excluding hydrogens is 224 g/mol. The van der Waals surface area contributed by atoms with E-state index in [4.69, 9.17) is 5.73 Å². The predicted molar refractivity (Wildman–Crippen MR) is 72.0 cm³/mol. The van der Waals surface area contributed by atoms with Gasteiger partial charge in [0.25, 0.3) is 0 Å². The second-order valence-electron chi connectivity index (χ2n) is 6.76. The summed E-state index contributed by atoms with van der Waals surface area (Å²) in [6, 6.07) is 0.0866. The summed E-state index contributed by atoms with van der Waals surface area (Å²) in [6.07, 6.45) is 11.0. The molecule has 3 rings (SSSR count). The van der Waals surface area contributed by atoms with Gasteiger partial charge in [-0.15, -0.1) is 0 Å². The summed E-state index contributed by atoms with van der Waals surface area (Å²) in [6.45, 7) is 0.916. The van der Waals surface area contributed by atoms with Crippen LogP contribution in [-0.2, 0) is 4.79 Å². The fraction of sp³-hybridized carbons (Fsp3) is 0.933. The zero-order valence-electron chi connectivity index (χ0n) is 11.3. The van der Waals surface area contributed by atoms with E-state index in [1.54, 1.807) is 0 Å². The molecule has 0 bridgehead atoms. The molecule has 0 radical (unpaired) electrons. The molecule has 0 aliphatic heterocycles.